The molecule has 1 N–H and O–H groups in total. The zero-order chi connectivity index (χ0) is 25.6. The molecule has 0 radical (unpaired) electrons. The number of thioether (sulfide) groups is 1. The third-order valence-corrected chi connectivity index (χ3v) is 7.39. The van der Waals surface area contributed by atoms with Crippen molar-refractivity contribution < 1.29 is 9.72 Å². The van der Waals surface area contributed by atoms with Gasteiger partial charge in [0.25, 0.3) is 0 Å². The normalized spacial score (nSPS) is 13.8. The minimum atomic E-state index is -0.445. The number of nitrogens with one attached hydrogen (secondary N) is 1. The van der Waals surface area contributed by atoms with E-state index in [4.69, 9.17) is 0 Å². The van der Waals surface area contributed by atoms with Gasteiger partial charge in [0.1, 0.15) is 6.33 Å². The molecule has 0 saturated carbocycles. The van der Waals surface area contributed by atoms with Crippen LogP contribution in [0.25, 0.3) is 0 Å². The van der Waals surface area contributed by atoms with E-state index in [1.807, 2.05) is 41.3 Å². The number of piperidine rings is 1. The Morgan fingerprint density at radius 3 is 2.30 bits per heavy atom. The van der Waals surface area contributed by atoms with Gasteiger partial charge in [-0.2, -0.15) is 0 Å². The number of ketones is 1. The molecule has 1 fully saturated rings. The van der Waals surface area contributed by atoms with E-state index in [1.165, 1.54) is 6.33 Å². The predicted octanol–water partition coefficient (Wildman–Crippen LogP) is 5.52. The lowest BCUT2D eigenvalue weighted by Gasteiger charge is -2.32. The molecule has 2 aromatic carbocycles. The van der Waals surface area contributed by atoms with Gasteiger partial charge in [-0.25, -0.2) is 15.0 Å². The zero-order valence-electron chi connectivity index (χ0n) is 19.9. The van der Waals surface area contributed by atoms with Crippen molar-refractivity contribution in [3.05, 3.63) is 107 Å². The molecule has 5 rings (SSSR count). The van der Waals surface area contributed by atoms with E-state index in [1.54, 1.807) is 54.4 Å². The van der Waals surface area contributed by atoms with E-state index < -0.39 is 4.92 Å². The number of benzene rings is 2. The van der Waals surface area contributed by atoms with Crippen LogP contribution in [-0.4, -0.2) is 44.0 Å². The Labute approximate surface area is 218 Å². The van der Waals surface area contributed by atoms with E-state index >= 15 is 0 Å². The summed E-state index contributed by atoms with van der Waals surface area (Å²) < 4.78 is 0. The molecule has 186 valence electrons. The van der Waals surface area contributed by atoms with Gasteiger partial charge in [-0.15, -0.1) is 11.8 Å². The summed E-state index contributed by atoms with van der Waals surface area (Å²) in [6, 6.07) is 21.7. The molecular formula is C27H24N6O3S. The van der Waals surface area contributed by atoms with Gasteiger partial charge in [-0.05, 0) is 49.2 Å². The minimum absolute atomic E-state index is 0.0907. The van der Waals surface area contributed by atoms with Crippen LogP contribution >= 0.6 is 11.8 Å². The second-order valence-electron chi connectivity index (χ2n) is 8.52. The number of pyridine rings is 1. The number of nitrogens with zero attached hydrogens (tertiary/aromatic N) is 5. The summed E-state index contributed by atoms with van der Waals surface area (Å²) in [4.78, 5) is 39.1. The highest BCUT2D eigenvalue weighted by atomic mass is 32.2. The van der Waals surface area contributed by atoms with E-state index in [2.05, 4.69) is 20.3 Å². The standard InChI is InChI=1S/C27H24N6O3S/c34-25(19-6-2-1-3-7-19)20-9-11-21(12-10-20)31-26-24(33(35)36)27(30-18-29-26)32-16-13-22(14-17-32)37-23-8-4-5-15-28-23/h1-12,15,18,22H,13-14,16-17H2,(H,29,30,31). The molecule has 1 aliphatic rings. The maximum atomic E-state index is 12.7. The molecule has 9 nitrogen and oxygen atoms in total. The second kappa shape index (κ2) is 11.2. The van der Waals surface area contributed by atoms with Crippen molar-refractivity contribution in [3.63, 3.8) is 0 Å². The molecule has 4 aromatic rings. The first kappa shape index (κ1) is 24.4. The molecule has 0 atom stereocenters. The number of nitro groups is 1. The molecule has 0 amide bonds. The van der Waals surface area contributed by atoms with Gasteiger partial charge in [0.05, 0.1) is 9.95 Å². The fraction of sp³-hybridized carbons (Fsp3) is 0.185. The highest BCUT2D eigenvalue weighted by molar-refractivity contribution is 7.99. The van der Waals surface area contributed by atoms with E-state index in [0.29, 0.717) is 41.0 Å². The van der Waals surface area contributed by atoms with Crippen LogP contribution in [0.5, 0.6) is 0 Å². The monoisotopic (exact) mass is 512 g/mol. The molecular weight excluding hydrogens is 488 g/mol. The summed E-state index contributed by atoms with van der Waals surface area (Å²) in [6.07, 6.45) is 4.85. The number of aromatic nitrogens is 3. The Bertz CT molecular complexity index is 1380. The van der Waals surface area contributed by atoms with Crippen LogP contribution in [0.4, 0.5) is 23.0 Å². The van der Waals surface area contributed by atoms with Crippen molar-refractivity contribution in [3.8, 4) is 0 Å². The highest BCUT2D eigenvalue weighted by Crippen LogP contribution is 2.37. The molecule has 2 aromatic heterocycles. The summed E-state index contributed by atoms with van der Waals surface area (Å²) in [5, 5.41) is 16.5. The van der Waals surface area contributed by atoms with Crippen molar-refractivity contribution in [2.75, 3.05) is 23.3 Å². The van der Waals surface area contributed by atoms with Crippen molar-refractivity contribution in [1.29, 1.82) is 0 Å². The number of anilines is 3. The van der Waals surface area contributed by atoms with E-state index in [-0.39, 0.29) is 17.3 Å². The average Bonchev–Trinajstić information content (AvgIpc) is 2.94. The van der Waals surface area contributed by atoms with Crippen LogP contribution in [0, 0.1) is 10.1 Å². The minimum Gasteiger partial charge on any atom is -0.351 e. The third-order valence-electron chi connectivity index (χ3n) is 6.10. The van der Waals surface area contributed by atoms with Gasteiger partial charge in [0, 0.05) is 41.4 Å². The Morgan fingerprint density at radius 2 is 1.62 bits per heavy atom. The van der Waals surface area contributed by atoms with Gasteiger partial charge in [0.15, 0.2) is 5.78 Å². The van der Waals surface area contributed by atoms with E-state index in [9.17, 15) is 14.9 Å². The molecule has 37 heavy (non-hydrogen) atoms. The number of carbonyl (C=O) groups is 1. The maximum Gasteiger partial charge on any atom is 0.353 e. The van der Waals surface area contributed by atoms with Crippen LogP contribution in [0.2, 0.25) is 0 Å². The van der Waals surface area contributed by atoms with Gasteiger partial charge < -0.3 is 10.2 Å². The lowest BCUT2D eigenvalue weighted by Crippen LogP contribution is -2.36. The van der Waals surface area contributed by atoms with Crippen LogP contribution in [-0.2, 0) is 0 Å². The van der Waals surface area contributed by atoms with Gasteiger partial charge >= 0.3 is 5.69 Å². The molecule has 0 aliphatic carbocycles. The van der Waals surface area contributed by atoms with Crippen molar-refractivity contribution >= 4 is 40.6 Å². The Balaban J connectivity index is 1.30. The molecule has 3 heterocycles. The first-order chi connectivity index (χ1) is 18.1. The largest absolute Gasteiger partial charge is 0.353 e. The Kier molecular flexibility index (Phi) is 7.36. The fourth-order valence-corrected chi connectivity index (χ4v) is 5.30. The number of hydrogen-bond donors (Lipinski definition) is 1. The van der Waals surface area contributed by atoms with Crippen molar-refractivity contribution in [1.82, 2.24) is 15.0 Å². The maximum absolute atomic E-state index is 12.7. The van der Waals surface area contributed by atoms with Gasteiger partial charge in [-0.1, -0.05) is 36.4 Å². The summed E-state index contributed by atoms with van der Waals surface area (Å²) in [5.41, 5.74) is 1.55. The molecule has 1 aliphatic heterocycles. The van der Waals surface area contributed by atoms with Gasteiger partial charge in [-0.3, -0.25) is 14.9 Å². The van der Waals surface area contributed by atoms with E-state index in [0.717, 1.165) is 17.9 Å². The van der Waals surface area contributed by atoms with Crippen LogP contribution < -0.4 is 10.2 Å². The summed E-state index contributed by atoms with van der Waals surface area (Å²) in [7, 11) is 0. The summed E-state index contributed by atoms with van der Waals surface area (Å²) in [5.74, 6) is 0.328. The summed E-state index contributed by atoms with van der Waals surface area (Å²) >= 11 is 1.74. The Morgan fingerprint density at radius 1 is 0.919 bits per heavy atom. The topological polar surface area (TPSA) is 114 Å². The van der Waals surface area contributed by atoms with Crippen LogP contribution in [0.1, 0.15) is 28.8 Å². The van der Waals surface area contributed by atoms with Crippen LogP contribution in [0.15, 0.2) is 90.3 Å². The molecule has 0 unspecified atom stereocenters. The van der Waals surface area contributed by atoms with Crippen molar-refractivity contribution in [2.24, 2.45) is 0 Å². The predicted molar refractivity (Wildman–Crippen MR) is 144 cm³/mol. The fourth-order valence-electron chi connectivity index (χ4n) is 4.23. The smallest absolute Gasteiger partial charge is 0.351 e. The lowest BCUT2D eigenvalue weighted by atomic mass is 10.0. The number of hydrogen-bond acceptors (Lipinski definition) is 9. The number of carbonyl (C=O) groups excluding carboxylic acids is 1. The summed E-state index contributed by atoms with van der Waals surface area (Å²) in [6.45, 7) is 1.30. The molecule has 0 spiro atoms. The lowest BCUT2D eigenvalue weighted by molar-refractivity contribution is -0.383. The zero-order valence-corrected chi connectivity index (χ0v) is 20.7. The quantitative estimate of drug-likeness (QED) is 0.185. The molecule has 1 saturated heterocycles. The SMILES string of the molecule is O=C(c1ccccc1)c1ccc(Nc2ncnc(N3CCC(Sc4ccccn4)CC3)c2[N+](=O)[O-])cc1. The third kappa shape index (κ3) is 5.75. The number of rotatable bonds is 8. The van der Waals surface area contributed by atoms with Crippen LogP contribution in [0.3, 0.4) is 0 Å². The Hall–Kier alpha value is -4.31. The first-order valence-corrected chi connectivity index (χ1v) is 12.8. The first-order valence-electron chi connectivity index (χ1n) is 11.9. The molecule has 10 heteroatoms. The second-order valence-corrected chi connectivity index (χ2v) is 9.84. The molecule has 0 bridgehead atoms. The van der Waals surface area contributed by atoms with Gasteiger partial charge in [0.2, 0.25) is 11.6 Å². The average molecular weight is 513 g/mol. The highest BCUT2D eigenvalue weighted by Gasteiger charge is 2.30. The van der Waals surface area contributed by atoms with Crippen molar-refractivity contribution in [2.45, 2.75) is 23.1 Å².